The lowest BCUT2D eigenvalue weighted by molar-refractivity contribution is 0.297. The number of benzene rings is 2. The first-order chi connectivity index (χ1) is 10.2. The molecule has 0 saturated carbocycles. The molecular formula is C17H20FNO2. The SMILES string of the molecule is CNC(C)c1c(F)cccc1OCc1ccc(OC)cc1. The van der Waals surface area contributed by atoms with Crippen LogP contribution in [0.3, 0.4) is 0 Å². The van der Waals surface area contributed by atoms with E-state index in [-0.39, 0.29) is 11.9 Å². The van der Waals surface area contributed by atoms with Crippen molar-refractivity contribution in [2.24, 2.45) is 0 Å². The predicted molar refractivity (Wildman–Crippen MR) is 81.2 cm³/mol. The molecule has 1 atom stereocenters. The number of nitrogens with one attached hydrogen (secondary N) is 1. The van der Waals surface area contributed by atoms with Gasteiger partial charge < -0.3 is 14.8 Å². The van der Waals surface area contributed by atoms with Crippen molar-refractivity contribution >= 4 is 0 Å². The molecule has 0 spiro atoms. The molecule has 2 aromatic rings. The van der Waals surface area contributed by atoms with Gasteiger partial charge in [0.05, 0.1) is 7.11 Å². The van der Waals surface area contributed by atoms with Crippen molar-refractivity contribution in [2.45, 2.75) is 19.6 Å². The largest absolute Gasteiger partial charge is 0.497 e. The fraction of sp³-hybridized carbons (Fsp3) is 0.294. The molecule has 2 rings (SSSR count). The average molecular weight is 289 g/mol. The molecule has 0 aliphatic heterocycles. The van der Waals surface area contributed by atoms with E-state index in [1.54, 1.807) is 26.3 Å². The smallest absolute Gasteiger partial charge is 0.131 e. The van der Waals surface area contributed by atoms with Gasteiger partial charge in [-0.25, -0.2) is 4.39 Å². The summed E-state index contributed by atoms with van der Waals surface area (Å²) in [6.07, 6.45) is 0. The molecule has 0 aliphatic rings. The van der Waals surface area contributed by atoms with Crippen LogP contribution >= 0.6 is 0 Å². The van der Waals surface area contributed by atoms with Gasteiger partial charge in [-0.15, -0.1) is 0 Å². The molecule has 0 bridgehead atoms. The maximum atomic E-state index is 14.0. The summed E-state index contributed by atoms with van der Waals surface area (Å²) in [5, 5.41) is 3.04. The van der Waals surface area contributed by atoms with Gasteiger partial charge in [0.1, 0.15) is 23.9 Å². The summed E-state index contributed by atoms with van der Waals surface area (Å²) in [6.45, 7) is 2.29. The van der Waals surface area contributed by atoms with Crippen molar-refractivity contribution in [1.82, 2.24) is 5.32 Å². The Morgan fingerprint density at radius 2 is 1.86 bits per heavy atom. The lowest BCUT2D eigenvalue weighted by atomic mass is 10.1. The number of methoxy groups -OCH3 is 1. The van der Waals surface area contributed by atoms with Crippen molar-refractivity contribution in [2.75, 3.05) is 14.2 Å². The normalized spacial score (nSPS) is 12.0. The van der Waals surface area contributed by atoms with Crippen LogP contribution in [0.15, 0.2) is 42.5 Å². The Morgan fingerprint density at radius 1 is 1.14 bits per heavy atom. The quantitative estimate of drug-likeness (QED) is 0.879. The summed E-state index contributed by atoms with van der Waals surface area (Å²) >= 11 is 0. The maximum Gasteiger partial charge on any atom is 0.131 e. The third kappa shape index (κ3) is 3.73. The van der Waals surface area contributed by atoms with Crippen LogP contribution in [-0.4, -0.2) is 14.2 Å². The van der Waals surface area contributed by atoms with Crippen LogP contribution in [0.25, 0.3) is 0 Å². The van der Waals surface area contributed by atoms with Crippen LogP contribution in [0.4, 0.5) is 4.39 Å². The van der Waals surface area contributed by atoms with Crippen LogP contribution < -0.4 is 14.8 Å². The molecule has 112 valence electrons. The molecule has 4 heteroatoms. The van der Waals surface area contributed by atoms with E-state index in [9.17, 15) is 4.39 Å². The molecule has 1 unspecified atom stereocenters. The first-order valence-electron chi connectivity index (χ1n) is 6.87. The zero-order chi connectivity index (χ0) is 15.2. The van der Waals surface area contributed by atoms with Gasteiger partial charge in [-0.2, -0.15) is 0 Å². The van der Waals surface area contributed by atoms with Crippen LogP contribution in [0, 0.1) is 5.82 Å². The number of hydrogen-bond donors (Lipinski definition) is 1. The van der Waals surface area contributed by atoms with E-state index < -0.39 is 0 Å². The highest BCUT2D eigenvalue weighted by Crippen LogP contribution is 2.28. The van der Waals surface area contributed by atoms with E-state index in [1.165, 1.54) is 6.07 Å². The molecule has 1 N–H and O–H groups in total. The standard InChI is InChI=1S/C17H20FNO2/c1-12(19-2)17-15(18)5-4-6-16(17)21-11-13-7-9-14(20-3)10-8-13/h4-10,12,19H,11H2,1-3H3. The molecule has 21 heavy (non-hydrogen) atoms. The molecule has 0 heterocycles. The Bertz CT molecular complexity index is 584. The highest BCUT2D eigenvalue weighted by molar-refractivity contribution is 5.37. The lowest BCUT2D eigenvalue weighted by Gasteiger charge is -2.17. The van der Waals surface area contributed by atoms with Crippen molar-refractivity contribution in [3.05, 3.63) is 59.4 Å². The van der Waals surface area contributed by atoms with Gasteiger partial charge in [0, 0.05) is 11.6 Å². The topological polar surface area (TPSA) is 30.5 Å². The first-order valence-corrected chi connectivity index (χ1v) is 6.87. The number of halogens is 1. The van der Waals surface area contributed by atoms with Gasteiger partial charge in [0.15, 0.2) is 0 Å². The van der Waals surface area contributed by atoms with Crippen LogP contribution in [0.2, 0.25) is 0 Å². The molecule has 0 amide bonds. The monoisotopic (exact) mass is 289 g/mol. The van der Waals surface area contributed by atoms with Crippen molar-refractivity contribution in [3.63, 3.8) is 0 Å². The van der Waals surface area contributed by atoms with Gasteiger partial charge >= 0.3 is 0 Å². The van der Waals surface area contributed by atoms with Crippen LogP contribution in [0.1, 0.15) is 24.1 Å². The summed E-state index contributed by atoms with van der Waals surface area (Å²) in [5.41, 5.74) is 1.55. The summed E-state index contributed by atoms with van der Waals surface area (Å²) < 4.78 is 24.9. The van der Waals surface area contributed by atoms with Crippen molar-refractivity contribution in [1.29, 1.82) is 0 Å². The van der Waals surface area contributed by atoms with E-state index in [2.05, 4.69) is 5.32 Å². The van der Waals surface area contributed by atoms with Crippen LogP contribution in [0.5, 0.6) is 11.5 Å². The van der Waals surface area contributed by atoms with E-state index >= 15 is 0 Å². The molecule has 0 radical (unpaired) electrons. The van der Waals surface area contributed by atoms with Gasteiger partial charge in [-0.3, -0.25) is 0 Å². The highest BCUT2D eigenvalue weighted by atomic mass is 19.1. The zero-order valence-electron chi connectivity index (χ0n) is 12.5. The lowest BCUT2D eigenvalue weighted by Crippen LogP contribution is -2.15. The molecular weight excluding hydrogens is 269 g/mol. The Kier molecular flexibility index (Phi) is 5.17. The summed E-state index contributed by atoms with van der Waals surface area (Å²) in [4.78, 5) is 0. The molecule has 0 fully saturated rings. The second-order valence-corrected chi connectivity index (χ2v) is 4.80. The summed E-state index contributed by atoms with van der Waals surface area (Å²) in [5.74, 6) is 1.10. The molecule has 3 nitrogen and oxygen atoms in total. The van der Waals surface area contributed by atoms with E-state index in [0.29, 0.717) is 17.9 Å². The van der Waals surface area contributed by atoms with Gasteiger partial charge in [-0.05, 0) is 43.8 Å². The summed E-state index contributed by atoms with van der Waals surface area (Å²) in [6, 6.07) is 12.4. The van der Waals surface area contributed by atoms with E-state index in [0.717, 1.165) is 11.3 Å². The number of rotatable bonds is 6. The minimum absolute atomic E-state index is 0.114. The van der Waals surface area contributed by atoms with Gasteiger partial charge in [0.2, 0.25) is 0 Å². The Balaban J connectivity index is 2.13. The number of hydrogen-bond acceptors (Lipinski definition) is 3. The molecule has 0 aliphatic carbocycles. The fourth-order valence-corrected chi connectivity index (χ4v) is 2.09. The Labute approximate surface area is 124 Å². The number of ether oxygens (including phenoxy) is 2. The minimum Gasteiger partial charge on any atom is -0.497 e. The average Bonchev–Trinajstić information content (AvgIpc) is 2.52. The van der Waals surface area contributed by atoms with Crippen molar-refractivity contribution < 1.29 is 13.9 Å². The zero-order valence-corrected chi connectivity index (χ0v) is 12.5. The highest BCUT2D eigenvalue weighted by Gasteiger charge is 2.15. The second kappa shape index (κ2) is 7.09. The minimum atomic E-state index is -0.260. The van der Waals surface area contributed by atoms with E-state index in [1.807, 2.05) is 31.2 Å². The fourth-order valence-electron chi connectivity index (χ4n) is 2.09. The maximum absolute atomic E-state index is 14.0. The van der Waals surface area contributed by atoms with E-state index in [4.69, 9.17) is 9.47 Å². The van der Waals surface area contributed by atoms with Gasteiger partial charge in [-0.1, -0.05) is 18.2 Å². The van der Waals surface area contributed by atoms with Gasteiger partial charge in [0.25, 0.3) is 0 Å². The Hall–Kier alpha value is -2.07. The van der Waals surface area contributed by atoms with Crippen LogP contribution in [-0.2, 0) is 6.61 Å². The summed E-state index contributed by atoms with van der Waals surface area (Å²) in [7, 11) is 3.42. The third-order valence-electron chi connectivity index (χ3n) is 3.43. The molecule has 0 saturated heterocycles. The van der Waals surface area contributed by atoms with Crippen molar-refractivity contribution in [3.8, 4) is 11.5 Å². The third-order valence-corrected chi connectivity index (χ3v) is 3.43. The molecule has 2 aromatic carbocycles. The molecule has 0 aromatic heterocycles. The first kappa shape index (κ1) is 15.3. The second-order valence-electron chi connectivity index (χ2n) is 4.80. The predicted octanol–water partition coefficient (Wildman–Crippen LogP) is 3.69. The Morgan fingerprint density at radius 3 is 2.48 bits per heavy atom.